The van der Waals surface area contributed by atoms with Gasteiger partial charge in [0, 0.05) is 0 Å². The van der Waals surface area contributed by atoms with E-state index in [1.807, 2.05) is 0 Å². The predicted molar refractivity (Wildman–Crippen MR) is 278 cm³/mol. The molecule has 0 aliphatic rings. The molecule has 3 unspecified atom stereocenters. The minimum atomic E-state index is -1.07. The van der Waals surface area contributed by atoms with E-state index in [0.29, 0.717) is 12.8 Å². The zero-order valence-corrected chi connectivity index (χ0v) is 43.0. The van der Waals surface area contributed by atoms with Gasteiger partial charge in [0.05, 0.1) is 18.8 Å². The van der Waals surface area contributed by atoms with Gasteiger partial charge in [0.15, 0.2) is 0 Å². The van der Waals surface area contributed by atoms with Crippen LogP contribution < -0.4 is 5.32 Å². The highest BCUT2D eigenvalue weighted by molar-refractivity contribution is 5.80. The van der Waals surface area contributed by atoms with Crippen molar-refractivity contribution >= 4 is 5.91 Å². The number of carbonyl (C=O) groups excluding carboxylic acids is 1. The molecule has 0 rings (SSSR count). The lowest BCUT2D eigenvalue weighted by Gasteiger charge is -2.23. The second-order valence-electron chi connectivity index (χ2n) is 20.2. The van der Waals surface area contributed by atoms with E-state index in [0.717, 1.165) is 32.1 Å². The maximum atomic E-state index is 12.6. The van der Waals surface area contributed by atoms with Crippen LogP contribution in [0.15, 0.2) is 12.2 Å². The van der Waals surface area contributed by atoms with Gasteiger partial charge in [-0.15, -0.1) is 0 Å². The van der Waals surface area contributed by atoms with E-state index in [2.05, 4.69) is 31.3 Å². The van der Waals surface area contributed by atoms with Gasteiger partial charge < -0.3 is 20.6 Å². The molecule has 3 atom stereocenters. The normalized spacial score (nSPS) is 13.3. The van der Waals surface area contributed by atoms with Gasteiger partial charge >= 0.3 is 0 Å². The van der Waals surface area contributed by atoms with Gasteiger partial charge in [0.1, 0.15) is 6.10 Å². The van der Waals surface area contributed by atoms with Crippen LogP contribution in [0.4, 0.5) is 0 Å². The van der Waals surface area contributed by atoms with Crippen molar-refractivity contribution in [3.8, 4) is 0 Å². The molecule has 4 N–H and O–H groups in total. The summed E-state index contributed by atoms with van der Waals surface area (Å²) in [5, 5.41) is 33.6. The lowest BCUT2D eigenvalue weighted by molar-refractivity contribution is -0.131. The molecule has 0 aromatic carbocycles. The standard InChI is InChI=1S/C58H115NO4/c1-3-5-7-9-11-13-15-17-19-21-23-25-26-27-28-29-30-31-32-33-35-37-39-41-43-45-47-49-51-53-57(62)58(63)59-55(54-60)56(61)52-50-48-46-44-42-40-38-36-34-24-22-20-18-16-14-12-10-8-6-4-2/h27-28,55-57,60-62H,3-26,29-54H2,1-2H3,(H,59,63)/b28-27-. The van der Waals surface area contributed by atoms with E-state index in [1.165, 1.54) is 270 Å². The van der Waals surface area contributed by atoms with Gasteiger partial charge in [0.25, 0.3) is 0 Å². The largest absolute Gasteiger partial charge is 0.394 e. The zero-order valence-electron chi connectivity index (χ0n) is 43.0. The third-order valence-corrected chi connectivity index (χ3v) is 13.9. The molecule has 1 amide bonds. The first kappa shape index (κ1) is 62.1. The summed E-state index contributed by atoms with van der Waals surface area (Å²) >= 11 is 0. The molecule has 0 heterocycles. The number of aliphatic hydroxyl groups is 3. The van der Waals surface area contributed by atoms with Crippen molar-refractivity contribution in [2.75, 3.05) is 6.61 Å². The van der Waals surface area contributed by atoms with Gasteiger partial charge in [-0.2, -0.15) is 0 Å². The molecule has 0 saturated carbocycles. The lowest BCUT2D eigenvalue weighted by Crippen LogP contribution is -2.49. The summed E-state index contributed by atoms with van der Waals surface area (Å²) in [4.78, 5) is 12.6. The Morgan fingerprint density at radius 2 is 0.603 bits per heavy atom. The number of rotatable bonds is 54. The molecule has 0 saturated heterocycles. The minimum absolute atomic E-state index is 0.309. The van der Waals surface area contributed by atoms with Crippen LogP contribution in [0.25, 0.3) is 0 Å². The Hall–Kier alpha value is -0.910. The summed E-state index contributed by atoms with van der Waals surface area (Å²) in [6.07, 6.45) is 66.9. The highest BCUT2D eigenvalue weighted by Gasteiger charge is 2.23. The second kappa shape index (κ2) is 53.7. The van der Waals surface area contributed by atoms with Crippen molar-refractivity contribution in [1.29, 1.82) is 0 Å². The Bertz CT molecular complexity index is 894. The van der Waals surface area contributed by atoms with E-state index in [4.69, 9.17) is 0 Å². The van der Waals surface area contributed by atoms with Crippen molar-refractivity contribution < 1.29 is 20.1 Å². The Balaban J connectivity index is 3.50. The van der Waals surface area contributed by atoms with Crippen molar-refractivity contribution in [2.24, 2.45) is 0 Å². The van der Waals surface area contributed by atoms with Crippen LogP contribution in [0, 0.1) is 0 Å². The summed E-state index contributed by atoms with van der Waals surface area (Å²) in [5.74, 6) is -0.464. The average Bonchev–Trinajstić information content (AvgIpc) is 3.29. The third-order valence-electron chi connectivity index (χ3n) is 13.9. The highest BCUT2D eigenvalue weighted by atomic mass is 16.3. The molecule has 0 fully saturated rings. The van der Waals surface area contributed by atoms with Gasteiger partial charge in [-0.3, -0.25) is 4.79 Å². The minimum Gasteiger partial charge on any atom is -0.394 e. The van der Waals surface area contributed by atoms with Crippen molar-refractivity contribution in [2.45, 2.75) is 347 Å². The molecule has 376 valence electrons. The quantitative estimate of drug-likeness (QED) is 0.0362. The smallest absolute Gasteiger partial charge is 0.249 e. The molecular formula is C58H115NO4. The van der Waals surface area contributed by atoms with E-state index in [1.54, 1.807) is 0 Å². The molecule has 5 heteroatoms. The fraction of sp³-hybridized carbons (Fsp3) is 0.948. The topological polar surface area (TPSA) is 89.8 Å². The summed E-state index contributed by atoms with van der Waals surface area (Å²) in [5.41, 5.74) is 0. The van der Waals surface area contributed by atoms with Gasteiger partial charge in [-0.1, -0.05) is 302 Å². The summed E-state index contributed by atoms with van der Waals surface area (Å²) < 4.78 is 0. The molecule has 0 aromatic heterocycles. The number of amides is 1. The maximum absolute atomic E-state index is 12.6. The fourth-order valence-corrected chi connectivity index (χ4v) is 9.37. The van der Waals surface area contributed by atoms with Gasteiger partial charge in [0.2, 0.25) is 5.91 Å². The van der Waals surface area contributed by atoms with Crippen LogP contribution in [0.2, 0.25) is 0 Å². The SMILES string of the molecule is CCCCCCCCCCCCCC/C=C\CCCCCCCCCCCCCCCC(O)C(=O)NC(CO)C(O)CCCCCCCCCCCCCCCCCCCCCC. The van der Waals surface area contributed by atoms with Crippen LogP contribution in [0.1, 0.15) is 328 Å². The van der Waals surface area contributed by atoms with Crippen LogP contribution >= 0.6 is 0 Å². The molecule has 0 bridgehead atoms. The third kappa shape index (κ3) is 48.8. The van der Waals surface area contributed by atoms with Crippen LogP contribution in [0.3, 0.4) is 0 Å². The van der Waals surface area contributed by atoms with Gasteiger partial charge in [-0.05, 0) is 38.5 Å². The van der Waals surface area contributed by atoms with E-state index >= 15 is 0 Å². The van der Waals surface area contributed by atoms with Crippen molar-refractivity contribution in [1.82, 2.24) is 5.32 Å². The first-order valence-electron chi connectivity index (χ1n) is 29.0. The van der Waals surface area contributed by atoms with Crippen LogP contribution in [-0.4, -0.2) is 46.1 Å². The molecule has 63 heavy (non-hydrogen) atoms. The fourth-order valence-electron chi connectivity index (χ4n) is 9.37. The zero-order chi connectivity index (χ0) is 45.8. The first-order chi connectivity index (χ1) is 31.1. The molecule has 0 aliphatic heterocycles. The number of carbonyl (C=O) groups is 1. The second-order valence-corrected chi connectivity index (χ2v) is 20.2. The monoisotopic (exact) mass is 890 g/mol. The van der Waals surface area contributed by atoms with E-state index < -0.39 is 24.2 Å². The van der Waals surface area contributed by atoms with E-state index in [9.17, 15) is 20.1 Å². The molecule has 0 radical (unpaired) electrons. The lowest BCUT2D eigenvalue weighted by atomic mass is 10.0. The molecule has 5 nitrogen and oxygen atoms in total. The summed E-state index contributed by atoms with van der Waals surface area (Å²) in [7, 11) is 0. The number of hydrogen-bond donors (Lipinski definition) is 4. The Morgan fingerprint density at radius 3 is 0.873 bits per heavy atom. The number of hydrogen-bond acceptors (Lipinski definition) is 4. The summed E-state index contributed by atoms with van der Waals surface area (Å²) in [6, 6.07) is -0.710. The number of allylic oxidation sites excluding steroid dienone is 2. The van der Waals surface area contributed by atoms with Crippen molar-refractivity contribution in [3.05, 3.63) is 12.2 Å². The Kier molecular flexibility index (Phi) is 52.9. The number of aliphatic hydroxyl groups excluding tert-OH is 3. The molecule has 0 aromatic rings. The maximum Gasteiger partial charge on any atom is 0.249 e. The Labute approximate surface area is 395 Å². The predicted octanol–water partition coefficient (Wildman–Crippen LogP) is 17.9. The first-order valence-corrected chi connectivity index (χ1v) is 29.0. The Morgan fingerprint density at radius 1 is 0.365 bits per heavy atom. The average molecular weight is 891 g/mol. The highest BCUT2D eigenvalue weighted by Crippen LogP contribution is 2.18. The van der Waals surface area contributed by atoms with Crippen LogP contribution in [0.5, 0.6) is 0 Å². The van der Waals surface area contributed by atoms with E-state index in [-0.39, 0.29) is 6.61 Å². The van der Waals surface area contributed by atoms with Crippen LogP contribution in [-0.2, 0) is 4.79 Å². The van der Waals surface area contributed by atoms with Crippen molar-refractivity contribution in [3.63, 3.8) is 0 Å². The number of unbranched alkanes of at least 4 members (excludes halogenated alkanes) is 44. The molecule has 0 spiro atoms. The van der Waals surface area contributed by atoms with Gasteiger partial charge in [-0.25, -0.2) is 0 Å². The molecule has 0 aliphatic carbocycles. The number of nitrogens with one attached hydrogen (secondary N) is 1. The molecular weight excluding hydrogens is 775 g/mol. The summed E-state index contributed by atoms with van der Waals surface area (Å²) in [6.45, 7) is 4.27.